The number of nitrogens with zero attached hydrogens (tertiary/aromatic N) is 2. The van der Waals surface area contributed by atoms with Gasteiger partial charge in [-0.2, -0.15) is 0 Å². The summed E-state index contributed by atoms with van der Waals surface area (Å²) in [5.41, 5.74) is 5.86. The molecule has 0 saturated heterocycles. The minimum absolute atomic E-state index is 0. The Balaban J connectivity index is 0.00000111. The van der Waals surface area contributed by atoms with Gasteiger partial charge in [0.2, 0.25) is 0 Å². The molecule has 0 heterocycles. The Labute approximate surface area is 326 Å². The summed E-state index contributed by atoms with van der Waals surface area (Å²) in [5, 5.41) is 2.90. The zero-order chi connectivity index (χ0) is 38.0. The molecule has 0 amide bonds. The number of halogens is 4. The Bertz CT molecular complexity index is 1730. The van der Waals surface area contributed by atoms with Gasteiger partial charge in [0.15, 0.2) is 0 Å². The lowest BCUT2D eigenvalue weighted by molar-refractivity contribution is -0.0000138. The van der Waals surface area contributed by atoms with Crippen molar-refractivity contribution in [2.75, 3.05) is 0 Å². The van der Waals surface area contributed by atoms with Crippen LogP contribution < -0.4 is 15.3 Å². The molecule has 6 aromatic carbocycles. The Morgan fingerprint density at radius 3 is 0.818 bits per heavy atom. The topological polar surface area (TPSA) is 6.48 Å². The van der Waals surface area contributed by atoms with E-state index in [0.717, 1.165) is 0 Å². The van der Waals surface area contributed by atoms with E-state index in [2.05, 4.69) is 219 Å². The Morgan fingerprint density at radius 1 is 0.400 bits per heavy atom. The van der Waals surface area contributed by atoms with Crippen molar-refractivity contribution < 1.29 is 17.7 Å². The molecular formula is C47H49BF4N2P-. The van der Waals surface area contributed by atoms with Crippen LogP contribution in [0.2, 0.25) is 0 Å². The van der Waals surface area contributed by atoms with Crippen molar-refractivity contribution in [1.29, 1.82) is 0 Å². The van der Waals surface area contributed by atoms with Gasteiger partial charge in [-0.3, -0.25) is 22.7 Å². The highest BCUT2D eigenvalue weighted by Crippen LogP contribution is 2.61. The van der Waals surface area contributed by atoms with E-state index >= 15 is 0 Å². The summed E-state index contributed by atoms with van der Waals surface area (Å²) in [6.07, 6.45) is 0. The van der Waals surface area contributed by atoms with Crippen molar-refractivity contribution in [3.8, 4) is 0 Å². The van der Waals surface area contributed by atoms with Gasteiger partial charge >= 0.3 is 7.54 Å². The second kappa shape index (κ2) is 19.9. The molecule has 0 aliphatic heterocycles. The van der Waals surface area contributed by atoms with Crippen LogP contribution in [0, 0.1) is 0 Å². The van der Waals surface area contributed by atoms with Gasteiger partial charge in [0, 0.05) is 41.9 Å². The summed E-state index contributed by atoms with van der Waals surface area (Å²) in [6, 6.07) is 68.9. The van der Waals surface area contributed by atoms with E-state index in [1.807, 2.05) is 0 Å². The minimum Gasteiger partial charge on any atom is -1.00 e. The molecule has 6 unspecified atom stereocenters. The zero-order valence-electron chi connectivity index (χ0n) is 31.8. The Morgan fingerprint density at radius 2 is 0.600 bits per heavy atom. The molecule has 6 aromatic rings. The van der Waals surface area contributed by atoms with E-state index in [-0.39, 0.29) is 28.9 Å². The Kier molecular flexibility index (Phi) is 15.0. The van der Waals surface area contributed by atoms with Gasteiger partial charge in [-0.1, -0.05) is 182 Å². The lowest BCUT2D eigenvalue weighted by atomic mass is 9.99. The monoisotopic (exact) mass is 759 g/mol. The fourth-order valence-corrected chi connectivity index (χ4v) is 11.4. The number of hydrogen-bond donors (Lipinski definition) is 0. The molecule has 6 atom stereocenters. The van der Waals surface area contributed by atoms with Crippen LogP contribution in [0.3, 0.4) is 0 Å². The SMILES string of the molecule is CC(c1ccccc1)N(C(C)c1ccccc1)C1C(N(C(C)c2ccccc2)C(C)c2ccccc2)C1P(c1ccccc1)c1ccccc1.FB(F)F.[F-]. The van der Waals surface area contributed by atoms with Crippen LogP contribution >= 0.6 is 7.92 Å². The summed E-state index contributed by atoms with van der Waals surface area (Å²) in [6.45, 7) is 9.72. The first-order valence-electron chi connectivity index (χ1n) is 18.8. The summed E-state index contributed by atoms with van der Waals surface area (Å²) in [4.78, 5) is 5.76. The van der Waals surface area contributed by atoms with E-state index in [0.29, 0.717) is 17.7 Å². The molecule has 0 spiro atoms. The third-order valence-corrected chi connectivity index (χ3v) is 13.8. The lowest BCUT2D eigenvalue weighted by Gasteiger charge is -2.40. The van der Waals surface area contributed by atoms with Crippen molar-refractivity contribution in [1.82, 2.24) is 9.80 Å². The van der Waals surface area contributed by atoms with Crippen molar-refractivity contribution in [2.45, 2.75) is 69.6 Å². The summed E-state index contributed by atoms with van der Waals surface area (Å²) < 4.78 is 29.0. The molecule has 0 N–H and O–H groups in total. The fraction of sp³-hybridized carbons (Fsp3) is 0.234. The van der Waals surface area contributed by atoms with Crippen LogP contribution in [-0.2, 0) is 0 Å². The maximum atomic E-state index is 9.67. The summed E-state index contributed by atoms with van der Waals surface area (Å²) >= 11 is 0. The highest BCUT2D eigenvalue weighted by Gasteiger charge is 2.63. The first kappa shape index (κ1) is 41.6. The van der Waals surface area contributed by atoms with Crippen molar-refractivity contribution in [3.63, 3.8) is 0 Å². The molecule has 55 heavy (non-hydrogen) atoms. The van der Waals surface area contributed by atoms with E-state index in [9.17, 15) is 12.9 Å². The molecule has 1 aliphatic carbocycles. The van der Waals surface area contributed by atoms with Gasteiger partial charge in [0.05, 0.1) is 0 Å². The van der Waals surface area contributed by atoms with E-state index < -0.39 is 15.5 Å². The maximum Gasteiger partial charge on any atom is 0.762 e. The number of rotatable bonds is 13. The van der Waals surface area contributed by atoms with Gasteiger partial charge in [-0.25, -0.2) is 0 Å². The average molecular weight is 760 g/mol. The summed E-state index contributed by atoms with van der Waals surface area (Å²) in [7, 11) is -4.37. The first-order chi connectivity index (χ1) is 26.3. The zero-order valence-corrected chi connectivity index (χ0v) is 32.7. The van der Waals surface area contributed by atoms with Crippen LogP contribution in [-0.4, -0.2) is 35.1 Å². The molecule has 8 heteroatoms. The number of benzene rings is 6. The third kappa shape index (κ3) is 10.0. The average Bonchev–Trinajstić information content (AvgIpc) is 3.92. The normalized spacial score (nSPS) is 18.3. The Hall–Kier alpha value is -4.55. The van der Waals surface area contributed by atoms with E-state index in [4.69, 9.17) is 0 Å². The lowest BCUT2D eigenvalue weighted by Crippen LogP contribution is -3.00. The van der Waals surface area contributed by atoms with Crippen molar-refractivity contribution >= 4 is 26.1 Å². The highest BCUT2D eigenvalue weighted by atomic mass is 31.1. The predicted molar refractivity (Wildman–Crippen MR) is 223 cm³/mol. The molecule has 0 aromatic heterocycles. The van der Waals surface area contributed by atoms with Gasteiger partial charge in [0.25, 0.3) is 0 Å². The maximum absolute atomic E-state index is 9.67. The predicted octanol–water partition coefficient (Wildman–Crippen LogP) is 8.77. The second-order valence-corrected chi connectivity index (χ2v) is 16.4. The highest BCUT2D eigenvalue weighted by molar-refractivity contribution is 7.74. The van der Waals surface area contributed by atoms with Gasteiger partial charge < -0.3 is 4.70 Å². The molecule has 1 saturated carbocycles. The quantitative estimate of drug-likeness (QED) is 0.0661. The second-order valence-electron chi connectivity index (χ2n) is 14.0. The van der Waals surface area contributed by atoms with Gasteiger partial charge in [0.1, 0.15) is 0 Å². The molecule has 1 aliphatic rings. The third-order valence-electron chi connectivity index (χ3n) is 10.9. The molecule has 7 rings (SSSR count). The first-order valence-corrected chi connectivity index (χ1v) is 20.2. The van der Waals surface area contributed by atoms with E-state index in [1.165, 1.54) is 32.9 Å². The van der Waals surface area contributed by atoms with Crippen LogP contribution in [0.25, 0.3) is 0 Å². The molecule has 2 nitrogen and oxygen atoms in total. The minimum atomic E-state index is -3.67. The summed E-state index contributed by atoms with van der Waals surface area (Å²) in [5.74, 6) is 0. The molecule has 1 fully saturated rings. The fourth-order valence-electron chi connectivity index (χ4n) is 8.26. The molecule has 0 bridgehead atoms. The molecule has 284 valence electrons. The van der Waals surface area contributed by atoms with Crippen LogP contribution in [0.1, 0.15) is 74.1 Å². The van der Waals surface area contributed by atoms with Gasteiger partial charge in [-0.15, -0.1) is 0 Å². The van der Waals surface area contributed by atoms with Crippen molar-refractivity contribution in [3.05, 3.63) is 204 Å². The number of hydrogen-bond acceptors (Lipinski definition) is 2. The van der Waals surface area contributed by atoms with Gasteiger partial charge in [-0.05, 0) is 68.5 Å². The standard InChI is InChI=1S/C47H49N2P.BF3.FH/c1-35(39-23-11-5-12-24-39)48(36(2)40-25-13-6-14-26-40)45-46(47(45)50(43-31-19-9-20-32-43)44-33-21-10-22-34-44)49(37(3)41-27-15-7-16-28-41)38(4)42-29-17-8-18-30-42;2-1(3)4;/h5-38,45-47H,1-4H3;;1H/p-1. The molecular weight excluding hydrogens is 710 g/mol. The van der Waals surface area contributed by atoms with E-state index in [1.54, 1.807) is 0 Å². The van der Waals surface area contributed by atoms with Crippen LogP contribution in [0.15, 0.2) is 182 Å². The van der Waals surface area contributed by atoms with Crippen LogP contribution in [0.4, 0.5) is 12.9 Å². The largest absolute Gasteiger partial charge is 1.00 e. The molecule has 0 radical (unpaired) electrons. The smallest absolute Gasteiger partial charge is 0.762 e. The van der Waals surface area contributed by atoms with Crippen molar-refractivity contribution in [2.24, 2.45) is 0 Å². The van der Waals surface area contributed by atoms with Crippen LogP contribution in [0.5, 0.6) is 0 Å².